The third kappa shape index (κ3) is 5.43. The summed E-state index contributed by atoms with van der Waals surface area (Å²) in [6.07, 6.45) is -0.601. The molecule has 0 aliphatic rings. The number of amides is 1. The first-order chi connectivity index (χ1) is 11.6. The van der Waals surface area contributed by atoms with Crippen LogP contribution in [0, 0.1) is 6.92 Å². The Hall–Kier alpha value is -2.82. The van der Waals surface area contributed by atoms with Gasteiger partial charge in [0.15, 0.2) is 5.78 Å². The molecule has 5 nitrogen and oxygen atoms in total. The minimum atomic E-state index is -0.621. The molecular weight excluding hydrogens is 304 g/mol. The first-order valence-electron chi connectivity index (χ1n) is 7.85. The molecule has 0 spiro atoms. The van der Waals surface area contributed by atoms with Crippen LogP contribution >= 0.6 is 0 Å². The predicted octanol–water partition coefficient (Wildman–Crippen LogP) is 3.29. The van der Waals surface area contributed by atoms with E-state index in [0.717, 1.165) is 16.8 Å². The molecule has 0 saturated carbocycles. The maximum Gasteiger partial charge on any atom is 0.408 e. The summed E-state index contributed by atoms with van der Waals surface area (Å²) in [5, 5.41) is 5.63. The van der Waals surface area contributed by atoms with Crippen LogP contribution in [-0.4, -0.2) is 24.5 Å². The molecule has 0 aliphatic heterocycles. The number of hydrogen-bond acceptors (Lipinski definition) is 4. The van der Waals surface area contributed by atoms with E-state index in [1.807, 2.05) is 61.5 Å². The van der Waals surface area contributed by atoms with Crippen LogP contribution in [0.1, 0.15) is 18.1 Å². The zero-order chi connectivity index (χ0) is 17.4. The summed E-state index contributed by atoms with van der Waals surface area (Å²) in [4.78, 5) is 23.9. The van der Waals surface area contributed by atoms with Crippen LogP contribution in [0.4, 0.5) is 10.5 Å². The number of nitrogens with one attached hydrogen (secondary N) is 2. The average molecular weight is 326 g/mol. The lowest BCUT2D eigenvalue weighted by Gasteiger charge is -2.15. The van der Waals surface area contributed by atoms with E-state index >= 15 is 0 Å². The Morgan fingerprint density at radius 1 is 1.04 bits per heavy atom. The van der Waals surface area contributed by atoms with Gasteiger partial charge in [-0.05, 0) is 31.0 Å². The monoisotopic (exact) mass is 326 g/mol. The third-order valence-electron chi connectivity index (χ3n) is 3.63. The molecule has 1 amide bonds. The number of benzene rings is 2. The number of ether oxygens (including phenoxy) is 1. The molecule has 0 unspecified atom stereocenters. The molecule has 24 heavy (non-hydrogen) atoms. The van der Waals surface area contributed by atoms with Crippen molar-refractivity contribution in [3.8, 4) is 0 Å². The molecule has 0 bridgehead atoms. The molecule has 2 aromatic rings. The molecule has 2 aromatic carbocycles. The maximum atomic E-state index is 12.1. The van der Waals surface area contributed by atoms with Crippen molar-refractivity contribution in [2.24, 2.45) is 0 Å². The quantitative estimate of drug-likeness (QED) is 0.819. The van der Waals surface area contributed by atoms with Gasteiger partial charge in [-0.2, -0.15) is 0 Å². The summed E-state index contributed by atoms with van der Waals surface area (Å²) in [6, 6.07) is 16.5. The van der Waals surface area contributed by atoms with Crippen molar-refractivity contribution in [1.82, 2.24) is 5.32 Å². The van der Waals surface area contributed by atoms with E-state index in [1.54, 1.807) is 6.92 Å². The summed E-state index contributed by atoms with van der Waals surface area (Å²) in [5.74, 6) is -0.116. The molecule has 5 heteroatoms. The van der Waals surface area contributed by atoms with Gasteiger partial charge in [-0.1, -0.05) is 48.5 Å². The number of carbonyl (C=O) groups is 2. The topological polar surface area (TPSA) is 67.4 Å². The van der Waals surface area contributed by atoms with Crippen LogP contribution in [0.2, 0.25) is 0 Å². The molecule has 0 radical (unpaired) electrons. The van der Waals surface area contributed by atoms with Crippen molar-refractivity contribution >= 4 is 17.6 Å². The van der Waals surface area contributed by atoms with Gasteiger partial charge in [-0.3, -0.25) is 4.79 Å². The zero-order valence-electron chi connectivity index (χ0n) is 13.9. The molecule has 0 fully saturated rings. The summed E-state index contributed by atoms with van der Waals surface area (Å²) in [5.41, 5.74) is 2.87. The number of Topliss-reactive ketones (excluding diaryl/α,β-unsaturated/α-hetero) is 1. The van der Waals surface area contributed by atoms with Gasteiger partial charge in [0, 0.05) is 5.69 Å². The first kappa shape index (κ1) is 17.5. The largest absolute Gasteiger partial charge is 0.445 e. The number of alkyl carbamates (subject to hydrolysis) is 1. The van der Waals surface area contributed by atoms with E-state index in [0.29, 0.717) is 0 Å². The fourth-order valence-electron chi connectivity index (χ4n) is 2.13. The van der Waals surface area contributed by atoms with Crippen molar-refractivity contribution in [3.63, 3.8) is 0 Å². The van der Waals surface area contributed by atoms with Gasteiger partial charge in [0.1, 0.15) is 6.61 Å². The number of hydrogen-bond donors (Lipinski definition) is 2. The highest BCUT2D eigenvalue weighted by atomic mass is 16.5. The first-order valence-corrected chi connectivity index (χ1v) is 7.85. The van der Waals surface area contributed by atoms with E-state index in [9.17, 15) is 9.59 Å². The summed E-state index contributed by atoms with van der Waals surface area (Å²) < 4.78 is 5.11. The van der Waals surface area contributed by atoms with Crippen molar-refractivity contribution in [3.05, 3.63) is 65.7 Å². The van der Waals surface area contributed by atoms with Crippen molar-refractivity contribution in [1.29, 1.82) is 0 Å². The highest BCUT2D eigenvalue weighted by Gasteiger charge is 2.16. The van der Waals surface area contributed by atoms with Gasteiger partial charge in [-0.15, -0.1) is 0 Å². The van der Waals surface area contributed by atoms with Gasteiger partial charge < -0.3 is 15.4 Å². The normalized spacial score (nSPS) is 11.4. The average Bonchev–Trinajstić information content (AvgIpc) is 2.60. The van der Waals surface area contributed by atoms with Gasteiger partial charge in [-0.25, -0.2) is 4.79 Å². The number of para-hydroxylation sites is 1. The fraction of sp³-hybridized carbons (Fsp3) is 0.263. The molecule has 1 atom stereocenters. The van der Waals surface area contributed by atoms with Gasteiger partial charge in [0.05, 0.1) is 12.6 Å². The molecule has 2 N–H and O–H groups in total. The lowest BCUT2D eigenvalue weighted by molar-refractivity contribution is -0.118. The highest BCUT2D eigenvalue weighted by Crippen LogP contribution is 2.12. The van der Waals surface area contributed by atoms with Crippen LogP contribution in [-0.2, 0) is 16.1 Å². The summed E-state index contributed by atoms with van der Waals surface area (Å²) in [7, 11) is 0. The maximum absolute atomic E-state index is 12.1. The van der Waals surface area contributed by atoms with Crippen molar-refractivity contribution in [2.75, 3.05) is 11.9 Å². The summed E-state index contributed by atoms with van der Waals surface area (Å²) in [6.45, 7) is 3.93. The number of ketones is 1. The molecule has 0 heterocycles. The van der Waals surface area contributed by atoms with Crippen LogP contribution in [0.5, 0.6) is 0 Å². The van der Waals surface area contributed by atoms with Crippen molar-refractivity contribution in [2.45, 2.75) is 26.5 Å². The van der Waals surface area contributed by atoms with E-state index in [-0.39, 0.29) is 18.9 Å². The highest BCUT2D eigenvalue weighted by molar-refractivity contribution is 5.90. The Bertz CT molecular complexity index is 686. The molecule has 2 rings (SSSR count). The van der Waals surface area contributed by atoms with E-state index < -0.39 is 12.1 Å². The predicted molar refractivity (Wildman–Crippen MR) is 93.9 cm³/mol. The number of anilines is 1. The minimum absolute atomic E-state index is 0.116. The molecule has 0 aromatic heterocycles. The molecular formula is C19H22N2O3. The number of aryl methyl sites for hydroxylation is 1. The smallest absolute Gasteiger partial charge is 0.408 e. The van der Waals surface area contributed by atoms with E-state index in [4.69, 9.17) is 4.74 Å². The van der Waals surface area contributed by atoms with E-state index in [2.05, 4.69) is 10.6 Å². The minimum Gasteiger partial charge on any atom is -0.445 e. The van der Waals surface area contributed by atoms with Gasteiger partial charge >= 0.3 is 6.09 Å². The Morgan fingerprint density at radius 3 is 2.42 bits per heavy atom. The lowest BCUT2D eigenvalue weighted by Crippen LogP contribution is -2.41. The van der Waals surface area contributed by atoms with Gasteiger partial charge in [0.2, 0.25) is 0 Å². The van der Waals surface area contributed by atoms with Crippen molar-refractivity contribution < 1.29 is 14.3 Å². The zero-order valence-corrected chi connectivity index (χ0v) is 13.9. The Labute approximate surface area is 142 Å². The Balaban J connectivity index is 1.74. The second-order valence-electron chi connectivity index (χ2n) is 5.56. The van der Waals surface area contributed by atoms with Gasteiger partial charge in [0.25, 0.3) is 0 Å². The van der Waals surface area contributed by atoms with Crippen LogP contribution in [0.15, 0.2) is 54.6 Å². The number of rotatable bonds is 7. The van der Waals surface area contributed by atoms with Crippen LogP contribution in [0.25, 0.3) is 0 Å². The second kappa shape index (κ2) is 8.72. The Morgan fingerprint density at radius 2 is 1.71 bits per heavy atom. The molecule has 126 valence electrons. The third-order valence-corrected chi connectivity index (χ3v) is 3.63. The van der Waals surface area contributed by atoms with Crippen LogP contribution < -0.4 is 10.6 Å². The summed E-state index contributed by atoms with van der Waals surface area (Å²) >= 11 is 0. The number of carbonyl (C=O) groups excluding carboxylic acids is 2. The Kier molecular flexibility index (Phi) is 6.37. The SMILES string of the molecule is Cc1ccccc1NCC(=O)[C@H](C)NC(=O)OCc1ccccc1. The lowest BCUT2D eigenvalue weighted by atomic mass is 10.2. The molecule has 0 aliphatic carbocycles. The van der Waals surface area contributed by atoms with Crippen LogP contribution in [0.3, 0.4) is 0 Å². The second-order valence-corrected chi connectivity index (χ2v) is 5.56. The molecule has 0 saturated heterocycles. The standard InChI is InChI=1S/C19H22N2O3/c1-14-8-6-7-11-17(14)20-12-18(22)15(2)21-19(23)24-13-16-9-4-3-5-10-16/h3-11,15,20H,12-13H2,1-2H3,(H,21,23)/t15-/m0/s1. The van der Waals surface area contributed by atoms with E-state index in [1.165, 1.54) is 0 Å². The fourth-order valence-corrected chi connectivity index (χ4v) is 2.13.